The Balaban J connectivity index is 1.87. The quantitative estimate of drug-likeness (QED) is 0.649. The minimum atomic E-state index is -4.60. The fourth-order valence-electron chi connectivity index (χ4n) is 2.86. The maximum Gasteiger partial charge on any atom is 0.417 e. The smallest absolute Gasteiger partial charge is 0.288 e. The summed E-state index contributed by atoms with van der Waals surface area (Å²) in [4.78, 5) is 15.8. The number of aliphatic imine (C=N–C) groups is 1. The van der Waals surface area contributed by atoms with Crippen molar-refractivity contribution < 1.29 is 23.2 Å². The van der Waals surface area contributed by atoms with E-state index in [1.807, 2.05) is 0 Å². The van der Waals surface area contributed by atoms with E-state index in [1.54, 1.807) is 29.7 Å². The molecule has 5 nitrogen and oxygen atoms in total. The van der Waals surface area contributed by atoms with E-state index >= 15 is 0 Å². The molecule has 8 heteroatoms. The first-order valence-corrected chi connectivity index (χ1v) is 7.56. The van der Waals surface area contributed by atoms with Crippen LogP contribution in [0.1, 0.15) is 32.6 Å². The fourth-order valence-corrected chi connectivity index (χ4v) is 2.86. The van der Waals surface area contributed by atoms with E-state index in [9.17, 15) is 18.0 Å². The van der Waals surface area contributed by atoms with Crippen molar-refractivity contribution in [3.8, 4) is 6.07 Å². The maximum atomic E-state index is 13.1. The van der Waals surface area contributed by atoms with E-state index in [4.69, 9.17) is 10.5 Å². The number of rotatable bonds is 3. The molecule has 0 bridgehead atoms. The Labute approximate surface area is 146 Å². The molecule has 1 aliphatic heterocycles. The number of carbonyl (C=O) groups is 1. The molecule has 0 aromatic heterocycles. The van der Waals surface area contributed by atoms with Gasteiger partial charge in [-0.05, 0) is 35.4 Å². The van der Waals surface area contributed by atoms with Gasteiger partial charge in [-0.3, -0.25) is 15.0 Å². The van der Waals surface area contributed by atoms with Gasteiger partial charge in [0.1, 0.15) is 0 Å². The summed E-state index contributed by atoms with van der Waals surface area (Å²) >= 11 is 0. The van der Waals surface area contributed by atoms with E-state index < -0.39 is 23.2 Å². The highest BCUT2D eigenvalue weighted by atomic mass is 19.4. The van der Waals surface area contributed by atoms with Crippen molar-refractivity contribution in [3.63, 3.8) is 0 Å². The molecule has 0 saturated heterocycles. The average molecular weight is 359 g/mol. The molecule has 1 amide bonds. The Morgan fingerprint density at radius 3 is 2.73 bits per heavy atom. The summed E-state index contributed by atoms with van der Waals surface area (Å²) in [6.07, 6.45) is -4.03. The number of nitrogens with zero attached hydrogens (tertiary/aromatic N) is 2. The molecule has 132 valence electrons. The number of hydroxylamine groups is 1. The van der Waals surface area contributed by atoms with Crippen molar-refractivity contribution in [2.75, 3.05) is 0 Å². The monoisotopic (exact) mass is 359 g/mol. The van der Waals surface area contributed by atoms with Gasteiger partial charge in [0, 0.05) is 24.1 Å². The fraction of sp³-hybridized carbons (Fsp3) is 0.167. The number of fused-ring (bicyclic) bond motifs is 1. The average Bonchev–Trinajstić information content (AvgIpc) is 3.00. The molecule has 1 aliphatic rings. The SMILES string of the molecule is N#Cc1cc2c(cc1C(F)(F)F)CC(Cc1cccc(C(=O)NO)c1)=N2. The predicted octanol–water partition coefficient (Wildman–Crippen LogP) is 3.57. The summed E-state index contributed by atoms with van der Waals surface area (Å²) in [5, 5.41) is 17.6. The lowest BCUT2D eigenvalue weighted by Gasteiger charge is -2.10. The van der Waals surface area contributed by atoms with Crippen LogP contribution in [0.5, 0.6) is 0 Å². The van der Waals surface area contributed by atoms with Crippen LogP contribution in [-0.4, -0.2) is 16.8 Å². The number of hydrogen-bond acceptors (Lipinski definition) is 4. The molecule has 0 aliphatic carbocycles. The van der Waals surface area contributed by atoms with Gasteiger partial charge in [0.05, 0.1) is 22.9 Å². The van der Waals surface area contributed by atoms with E-state index in [0.29, 0.717) is 23.4 Å². The second-order valence-corrected chi connectivity index (χ2v) is 5.81. The lowest BCUT2D eigenvalue weighted by molar-refractivity contribution is -0.137. The van der Waals surface area contributed by atoms with Gasteiger partial charge in [-0.25, -0.2) is 5.48 Å². The molecule has 0 atom stereocenters. The molecule has 1 heterocycles. The Hall–Kier alpha value is -3.18. The van der Waals surface area contributed by atoms with Crippen molar-refractivity contribution >= 4 is 17.3 Å². The van der Waals surface area contributed by atoms with Gasteiger partial charge in [-0.2, -0.15) is 18.4 Å². The zero-order valence-electron chi connectivity index (χ0n) is 13.3. The first-order valence-electron chi connectivity index (χ1n) is 7.56. The lowest BCUT2D eigenvalue weighted by atomic mass is 9.99. The lowest BCUT2D eigenvalue weighted by Crippen LogP contribution is -2.18. The highest BCUT2D eigenvalue weighted by Crippen LogP contribution is 2.38. The molecule has 2 aromatic rings. The molecule has 0 fully saturated rings. The van der Waals surface area contributed by atoms with Gasteiger partial charge in [-0.15, -0.1) is 0 Å². The number of nitrogens with one attached hydrogen (secondary N) is 1. The molecule has 2 aromatic carbocycles. The third-order valence-corrected chi connectivity index (χ3v) is 4.02. The van der Waals surface area contributed by atoms with Crippen molar-refractivity contribution in [2.45, 2.75) is 19.0 Å². The highest BCUT2D eigenvalue weighted by molar-refractivity contribution is 5.97. The predicted molar refractivity (Wildman–Crippen MR) is 86.4 cm³/mol. The third kappa shape index (κ3) is 3.43. The molecular weight excluding hydrogens is 347 g/mol. The first kappa shape index (κ1) is 17.6. The van der Waals surface area contributed by atoms with E-state index in [1.165, 1.54) is 6.07 Å². The molecule has 26 heavy (non-hydrogen) atoms. The van der Waals surface area contributed by atoms with Crippen molar-refractivity contribution in [1.82, 2.24) is 5.48 Å². The topological polar surface area (TPSA) is 85.5 Å². The van der Waals surface area contributed by atoms with Crippen molar-refractivity contribution in [3.05, 3.63) is 64.2 Å². The number of amides is 1. The number of carbonyl (C=O) groups excluding carboxylic acids is 1. The highest BCUT2D eigenvalue weighted by Gasteiger charge is 2.35. The summed E-state index contributed by atoms with van der Waals surface area (Å²) < 4.78 is 39.2. The minimum Gasteiger partial charge on any atom is -0.288 e. The molecule has 0 spiro atoms. The summed E-state index contributed by atoms with van der Waals surface area (Å²) in [6, 6.07) is 10.2. The number of halogens is 3. The summed E-state index contributed by atoms with van der Waals surface area (Å²) in [7, 11) is 0. The Bertz CT molecular complexity index is 959. The summed E-state index contributed by atoms with van der Waals surface area (Å²) in [5.74, 6) is -0.656. The molecule has 3 rings (SSSR count). The first-order chi connectivity index (χ1) is 12.3. The van der Waals surface area contributed by atoms with Crippen LogP contribution in [0, 0.1) is 11.3 Å². The van der Waals surface area contributed by atoms with Crippen LogP contribution in [0.3, 0.4) is 0 Å². The van der Waals surface area contributed by atoms with Crippen molar-refractivity contribution in [2.24, 2.45) is 4.99 Å². The molecule has 2 N–H and O–H groups in total. The van der Waals surface area contributed by atoms with Gasteiger partial charge in [0.25, 0.3) is 5.91 Å². The summed E-state index contributed by atoms with van der Waals surface area (Å²) in [5.41, 5.74) is 2.51. The standard InChI is InChI=1S/C18H12F3N3O2/c19-18(20,21)15-7-12-6-14(23-16(12)8-13(15)9-22)5-10-2-1-3-11(4-10)17(25)24-26/h1-4,7-8,26H,5-6H2,(H,24,25). The van der Waals surface area contributed by atoms with Crippen LogP contribution in [0.4, 0.5) is 18.9 Å². The van der Waals surface area contributed by atoms with E-state index in [2.05, 4.69) is 4.99 Å². The van der Waals surface area contributed by atoms with Gasteiger partial charge in [0.15, 0.2) is 0 Å². The molecule has 0 saturated carbocycles. The second-order valence-electron chi connectivity index (χ2n) is 5.81. The van der Waals surface area contributed by atoms with Crippen LogP contribution in [0.15, 0.2) is 41.4 Å². The second kappa shape index (κ2) is 6.61. The van der Waals surface area contributed by atoms with Crippen LogP contribution < -0.4 is 5.48 Å². The Morgan fingerprint density at radius 1 is 1.31 bits per heavy atom. The van der Waals surface area contributed by atoms with E-state index in [-0.39, 0.29) is 12.0 Å². The number of benzene rings is 2. The van der Waals surface area contributed by atoms with Gasteiger partial charge >= 0.3 is 6.18 Å². The van der Waals surface area contributed by atoms with Crippen LogP contribution in [-0.2, 0) is 19.0 Å². The van der Waals surface area contributed by atoms with Crippen LogP contribution in [0.25, 0.3) is 0 Å². The summed E-state index contributed by atoms with van der Waals surface area (Å²) in [6.45, 7) is 0. The Kier molecular flexibility index (Phi) is 4.49. The van der Waals surface area contributed by atoms with Crippen molar-refractivity contribution in [1.29, 1.82) is 5.26 Å². The van der Waals surface area contributed by atoms with Crippen LogP contribution >= 0.6 is 0 Å². The minimum absolute atomic E-state index is 0.237. The van der Waals surface area contributed by atoms with E-state index in [0.717, 1.165) is 17.7 Å². The van der Waals surface area contributed by atoms with Gasteiger partial charge in [-0.1, -0.05) is 12.1 Å². The zero-order chi connectivity index (χ0) is 18.9. The maximum absolute atomic E-state index is 13.1. The van der Waals surface area contributed by atoms with Gasteiger partial charge < -0.3 is 0 Å². The van der Waals surface area contributed by atoms with Crippen LogP contribution in [0.2, 0.25) is 0 Å². The largest absolute Gasteiger partial charge is 0.417 e. The normalized spacial score (nSPS) is 13.0. The Morgan fingerprint density at radius 2 is 2.08 bits per heavy atom. The zero-order valence-corrected chi connectivity index (χ0v) is 13.3. The number of hydrogen-bond donors (Lipinski definition) is 2. The van der Waals surface area contributed by atoms with Gasteiger partial charge in [0.2, 0.25) is 0 Å². The molecule has 0 unspecified atom stereocenters. The molecule has 0 radical (unpaired) electrons. The number of nitriles is 1. The third-order valence-electron chi connectivity index (χ3n) is 4.02. The molecular formula is C18H12F3N3O2. The number of alkyl halides is 3.